The second kappa shape index (κ2) is 11.6. The number of nitrogens with zero attached hydrogens (tertiary/aromatic N) is 1. The van der Waals surface area contributed by atoms with E-state index in [1.54, 1.807) is 24.3 Å². The standard InChI is InChI=1S/C33H35Br2NO7S/c1-18-6-8-20(9-7-18)44(41,42)43-31-21(12-19(34)13-22(31)35)28-29-23(14-32(2,3)16-25(29)37)36(11-10-27(39)40)24-15-33(4,5)17-26(38)30(24)28/h6-9,12-13,28H,10-11,14-17H2,1-5H3,(H,39,40). The molecule has 2 aromatic carbocycles. The van der Waals surface area contributed by atoms with Gasteiger partial charge in [-0.05, 0) is 70.8 Å². The molecule has 234 valence electrons. The number of aliphatic carboxylic acids is 1. The molecule has 0 aromatic heterocycles. The Morgan fingerprint density at radius 2 is 1.45 bits per heavy atom. The van der Waals surface area contributed by atoms with Crippen molar-refractivity contribution >= 4 is 59.5 Å². The van der Waals surface area contributed by atoms with Crippen LogP contribution >= 0.6 is 31.9 Å². The lowest BCUT2D eigenvalue weighted by atomic mass is 9.63. The molecular weight excluding hydrogens is 714 g/mol. The topological polar surface area (TPSA) is 118 Å². The quantitative estimate of drug-likeness (QED) is 0.290. The van der Waals surface area contributed by atoms with E-state index in [1.165, 1.54) is 12.1 Å². The lowest BCUT2D eigenvalue weighted by Crippen LogP contribution is -2.45. The molecule has 0 atom stereocenters. The predicted molar refractivity (Wildman–Crippen MR) is 173 cm³/mol. The van der Waals surface area contributed by atoms with Crippen molar-refractivity contribution < 1.29 is 32.1 Å². The van der Waals surface area contributed by atoms with Gasteiger partial charge >= 0.3 is 16.1 Å². The van der Waals surface area contributed by atoms with Crippen LogP contribution in [-0.4, -0.2) is 42.5 Å². The maximum Gasteiger partial charge on any atom is 0.339 e. The SMILES string of the molecule is Cc1ccc(S(=O)(=O)Oc2c(Br)cc(Br)cc2C2C3=C(CC(C)(C)CC3=O)N(CCC(=O)O)C3=C2C(=O)CC(C)(C)C3)cc1. The number of hydrogen-bond donors (Lipinski definition) is 1. The van der Waals surface area contributed by atoms with Crippen molar-refractivity contribution in [3.05, 3.63) is 79.0 Å². The fourth-order valence-electron chi connectivity index (χ4n) is 6.58. The number of halogens is 2. The van der Waals surface area contributed by atoms with E-state index in [-0.39, 0.29) is 48.0 Å². The Kier molecular flexibility index (Phi) is 8.57. The molecule has 1 aliphatic heterocycles. The summed E-state index contributed by atoms with van der Waals surface area (Å²) in [4.78, 5) is 41.9. The molecule has 1 N–H and O–H groups in total. The number of allylic oxidation sites excluding steroid dienone is 4. The van der Waals surface area contributed by atoms with Gasteiger partial charge < -0.3 is 14.2 Å². The maximum atomic E-state index is 14.1. The number of Topliss-reactive ketones (excluding diaryl/α,β-unsaturated/α-hetero) is 2. The first-order valence-electron chi connectivity index (χ1n) is 14.4. The van der Waals surface area contributed by atoms with Gasteiger partial charge in [0.05, 0.1) is 10.9 Å². The van der Waals surface area contributed by atoms with Gasteiger partial charge in [0.1, 0.15) is 4.90 Å². The van der Waals surface area contributed by atoms with E-state index in [0.717, 1.165) is 5.56 Å². The van der Waals surface area contributed by atoms with Crippen LogP contribution in [0.5, 0.6) is 5.75 Å². The van der Waals surface area contributed by atoms with Crippen molar-refractivity contribution in [2.45, 2.75) is 77.5 Å². The number of rotatable bonds is 7. The minimum Gasteiger partial charge on any atom is -0.481 e. The summed E-state index contributed by atoms with van der Waals surface area (Å²) in [5.74, 6) is -2.20. The molecule has 0 spiro atoms. The molecule has 11 heteroatoms. The van der Waals surface area contributed by atoms with Gasteiger partial charge in [-0.3, -0.25) is 14.4 Å². The van der Waals surface area contributed by atoms with Crippen molar-refractivity contribution in [3.63, 3.8) is 0 Å². The highest BCUT2D eigenvalue weighted by Crippen LogP contribution is 2.56. The number of carbonyl (C=O) groups excluding carboxylic acids is 2. The van der Waals surface area contributed by atoms with Gasteiger partial charge in [-0.1, -0.05) is 61.3 Å². The highest BCUT2D eigenvalue weighted by molar-refractivity contribution is 9.11. The second-order valence-electron chi connectivity index (χ2n) is 13.5. The van der Waals surface area contributed by atoms with Crippen LogP contribution in [-0.2, 0) is 24.5 Å². The van der Waals surface area contributed by atoms with Crippen LogP contribution in [0.3, 0.4) is 0 Å². The number of carboxylic acid groups (broad SMARTS) is 1. The zero-order valence-corrected chi connectivity index (χ0v) is 29.3. The normalized spacial score (nSPS) is 20.0. The van der Waals surface area contributed by atoms with Crippen molar-refractivity contribution in [2.24, 2.45) is 10.8 Å². The van der Waals surface area contributed by atoms with Crippen LogP contribution in [0.25, 0.3) is 0 Å². The van der Waals surface area contributed by atoms with Crippen molar-refractivity contribution in [1.82, 2.24) is 4.90 Å². The average Bonchev–Trinajstić information content (AvgIpc) is 2.87. The zero-order valence-electron chi connectivity index (χ0n) is 25.3. The van der Waals surface area contributed by atoms with Crippen LogP contribution in [0, 0.1) is 17.8 Å². The first-order valence-corrected chi connectivity index (χ1v) is 17.4. The molecule has 44 heavy (non-hydrogen) atoms. The van der Waals surface area contributed by atoms with E-state index in [9.17, 15) is 27.9 Å². The maximum absolute atomic E-state index is 14.1. The van der Waals surface area contributed by atoms with Gasteiger partial charge in [0.15, 0.2) is 17.3 Å². The molecule has 5 rings (SSSR count). The summed E-state index contributed by atoms with van der Waals surface area (Å²) >= 11 is 7.03. The molecule has 0 unspecified atom stereocenters. The van der Waals surface area contributed by atoms with E-state index in [1.807, 2.05) is 39.5 Å². The van der Waals surface area contributed by atoms with Crippen LogP contribution in [0.4, 0.5) is 0 Å². The molecule has 1 heterocycles. The smallest absolute Gasteiger partial charge is 0.339 e. The Bertz CT molecular complexity index is 1700. The van der Waals surface area contributed by atoms with Gasteiger partial charge in [-0.15, -0.1) is 0 Å². The lowest BCUT2D eigenvalue weighted by Gasteiger charge is -2.49. The van der Waals surface area contributed by atoms with E-state index in [4.69, 9.17) is 4.18 Å². The Balaban J connectivity index is 1.79. The lowest BCUT2D eigenvalue weighted by molar-refractivity contribution is -0.137. The number of benzene rings is 2. The van der Waals surface area contributed by atoms with E-state index in [0.29, 0.717) is 49.9 Å². The highest BCUT2D eigenvalue weighted by Gasteiger charge is 2.50. The number of hydrogen-bond acceptors (Lipinski definition) is 7. The van der Waals surface area contributed by atoms with Crippen molar-refractivity contribution in [1.29, 1.82) is 0 Å². The summed E-state index contributed by atoms with van der Waals surface area (Å²) in [5, 5.41) is 9.61. The van der Waals surface area contributed by atoms with Gasteiger partial charge in [0, 0.05) is 57.9 Å². The fraction of sp³-hybridized carbons (Fsp3) is 0.424. The molecule has 8 nitrogen and oxygen atoms in total. The molecule has 0 amide bonds. The Hall–Kier alpha value is -2.76. The second-order valence-corrected chi connectivity index (χ2v) is 16.8. The van der Waals surface area contributed by atoms with Gasteiger partial charge in [0.2, 0.25) is 0 Å². The molecular formula is C33H35Br2NO7S. The van der Waals surface area contributed by atoms with Crippen LogP contribution in [0.15, 0.2) is 72.8 Å². The van der Waals surface area contributed by atoms with Crippen LogP contribution in [0.2, 0.25) is 0 Å². The van der Waals surface area contributed by atoms with Gasteiger partial charge in [-0.25, -0.2) is 0 Å². The molecule has 3 aliphatic rings. The zero-order chi connectivity index (χ0) is 32.4. The molecule has 0 saturated carbocycles. The molecule has 2 aromatic rings. The van der Waals surface area contributed by atoms with E-state index < -0.39 is 32.8 Å². The fourth-order valence-corrected chi connectivity index (χ4v) is 9.00. The Labute approximate surface area is 274 Å². The molecule has 0 bridgehead atoms. The summed E-state index contributed by atoms with van der Waals surface area (Å²) in [5.41, 5.74) is 2.60. The predicted octanol–water partition coefficient (Wildman–Crippen LogP) is 7.45. The molecule has 0 fully saturated rings. The summed E-state index contributed by atoms with van der Waals surface area (Å²) in [6.07, 6.45) is 1.26. The van der Waals surface area contributed by atoms with E-state index >= 15 is 0 Å². The largest absolute Gasteiger partial charge is 0.481 e. The third kappa shape index (κ3) is 6.33. The molecule has 0 saturated heterocycles. The monoisotopic (exact) mass is 747 g/mol. The summed E-state index contributed by atoms with van der Waals surface area (Å²) in [7, 11) is -4.30. The van der Waals surface area contributed by atoms with E-state index in [2.05, 4.69) is 31.9 Å². The highest BCUT2D eigenvalue weighted by atomic mass is 79.9. The number of carbonyl (C=O) groups is 3. The third-order valence-corrected chi connectivity index (χ3v) is 10.7. The molecule has 2 aliphatic carbocycles. The average molecular weight is 750 g/mol. The van der Waals surface area contributed by atoms with Crippen LogP contribution in [0.1, 0.15) is 76.8 Å². The van der Waals surface area contributed by atoms with Gasteiger partial charge in [0.25, 0.3) is 0 Å². The Morgan fingerprint density at radius 1 is 0.932 bits per heavy atom. The van der Waals surface area contributed by atoms with Crippen LogP contribution < -0.4 is 4.18 Å². The number of ketones is 2. The number of carboxylic acids is 1. The van der Waals surface area contributed by atoms with Gasteiger partial charge in [-0.2, -0.15) is 8.42 Å². The summed E-state index contributed by atoms with van der Waals surface area (Å²) < 4.78 is 33.9. The minimum atomic E-state index is -4.30. The summed E-state index contributed by atoms with van der Waals surface area (Å²) in [6, 6.07) is 9.67. The summed E-state index contributed by atoms with van der Waals surface area (Å²) in [6.45, 7) is 9.95. The minimum absolute atomic E-state index is 0.00766. The Morgan fingerprint density at radius 3 is 1.95 bits per heavy atom. The third-order valence-electron chi connectivity index (χ3n) is 8.42. The van der Waals surface area contributed by atoms with Crippen molar-refractivity contribution in [3.8, 4) is 5.75 Å². The first-order chi connectivity index (χ1) is 20.4. The molecule has 0 radical (unpaired) electrons. The van der Waals surface area contributed by atoms with Crippen molar-refractivity contribution in [2.75, 3.05) is 6.54 Å². The number of aryl methyl sites for hydroxylation is 1. The first kappa shape index (κ1) is 32.6.